The third-order valence-corrected chi connectivity index (χ3v) is 4.48. The van der Waals surface area contributed by atoms with Gasteiger partial charge in [0.05, 0.1) is 12.3 Å². The van der Waals surface area contributed by atoms with Gasteiger partial charge in [0.2, 0.25) is 11.9 Å². The summed E-state index contributed by atoms with van der Waals surface area (Å²) in [6.07, 6.45) is 1.49. The molecule has 0 saturated carbocycles. The van der Waals surface area contributed by atoms with Crippen molar-refractivity contribution in [2.24, 2.45) is 23.3 Å². The summed E-state index contributed by atoms with van der Waals surface area (Å²) in [7, 11) is 1.55. The second-order valence-corrected chi connectivity index (χ2v) is 7.54. The topological polar surface area (TPSA) is 121 Å². The molecule has 0 aromatic carbocycles. The van der Waals surface area contributed by atoms with Crippen molar-refractivity contribution in [2.45, 2.75) is 33.9 Å². The number of anilines is 1. The first-order valence-electron chi connectivity index (χ1n) is 8.51. The first-order valence-corrected chi connectivity index (χ1v) is 8.51. The third-order valence-electron chi connectivity index (χ3n) is 4.48. The van der Waals surface area contributed by atoms with E-state index in [1.807, 2.05) is 20.8 Å². The van der Waals surface area contributed by atoms with E-state index in [-0.39, 0.29) is 29.7 Å². The average molecular weight is 373 g/mol. The molecule has 0 unspecified atom stereocenters. The SMILES string of the molecule is C=CCn1c(=O)c2c(nc3n2CC(C(C)(C)C)=NN3CC(N)=O)n(C)c1=O. The minimum Gasteiger partial charge on any atom is -0.368 e. The number of hydrogen-bond donors (Lipinski definition) is 1. The number of fused-ring (bicyclic) bond motifs is 3. The minimum absolute atomic E-state index is 0.0905. The summed E-state index contributed by atoms with van der Waals surface area (Å²) in [5.74, 6) is -0.272. The van der Waals surface area contributed by atoms with Crippen LogP contribution in [0, 0.1) is 5.41 Å². The van der Waals surface area contributed by atoms with Crippen molar-refractivity contribution in [1.29, 1.82) is 0 Å². The molecular formula is C17H23N7O3. The number of nitrogens with two attached hydrogens (primary N) is 1. The Bertz CT molecular complexity index is 1090. The van der Waals surface area contributed by atoms with E-state index in [9.17, 15) is 14.4 Å². The second-order valence-electron chi connectivity index (χ2n) is 7.54. The lowest BCUT2D eigenvalue weighted by Crippen LogP contribution is -2.41. The number of amides is 1. The molecule has 0 radical (unpaired) electrons. The van der Waals surface area contributed by atoms with Crippen LogP contribution in [0.3, 0.4) is 0 Å². The first kappa shape index (κ1) is 18.6. The lowest BCUT2D eigenvalue weighted by Gasteiger charge is -2.30. The number of hydrogen-bond acceptors (Lipinski definition) is 6. The summed E-state index contributed by atoms with van der Waals surface area (Å²) in [5, 5.41) is 5.91. The van der Waals surface area contributed by atoms with Crippen molar-refractivity contribution in [3.63, 3.8) is 0 Å². The molecule has 27 heavy (non-hydrogen) atoms. The van der Waals surface area contributed by atoms with Crippen LogP contribution < -0.4 is 22.0 Å². The molecule has 1 aliphatic rings. The highest BCUT2D eigenvalue weighted by molar-refractivity contribution is 5.94. The van der Waals surface area contributed by atoms with Crippen LogP contribution in [-0.4, -0.2) is 36.8 Å². The van der Waals surface area contributed by atoms with Crippen LogP contribution in [0.15, 0.2) is 27.3 Å². The van der Waals surface area contributed by atoms with E-state index in [0.29, 0.717) is 12.5 Å². The highest BCUT2D eigenvalue weighted by Gasteiger charge is 2.32. The van der Waals surface area contributed by atoms with Gasteiger partial charge in [-0.25, -0.2) is 9.80 Å². The van der Waals surface area contributed by atoms with Gasteiger partial charge in [-0.3, -0.25) is 23.3 Å². The molecule has 2 aromatic rings. The number of carbonyl (C=O) groups excluding carboxylic acids is 1. The van der Waals surface area contributed by atoms with Gasteiger partial charge in [0.25, 0.3) is 5.56 Å². The molecule has 0 fully saturated rings. The maximum atomic E-state index is 13.0. The molecule has 3 heterocycles. The molecule has 0 saturated heterocycles. The Hall–Kier alpha value is -3.17. The predicted octanol–water partition coefficient (Wildman–Crippen LogP) is -0.210. The van der Waals surface area contributed by atoms with Gasteiger partial charge in [-0.05, 0) is 0 Å². The number of nitrogens with zero attached hydrogens (tertiary/aromatic N) is 6. The summed E-state index contributed by atoms with van der Waals surface area (Å²) in [6, 6.07) is 0. The Balaban J connectivity index is 2.36. The Morgan fingerprint density at radius 2 is 2.00 bits per heavy atom. The summed E-state index contributed by atoms with van der Waals surface area (Å²) < 4.78 is 4.10. The lowest BCUT2D eigenvalue weighted by atomic mass is 9.89. The van der Waals surface area contributed by atoms with Gasteiger partial charge in [0, 0.05) is 19.0 Å². The Labute approximate surface area is 155 Å². The lowest BCUT2D eigenvalue weighted by molar-refractivity contribution is -0.116. The van der Waals surface area contributed by atoms with Crippen LogP contribution in [-0.2, 0) is 24.9 Å². The number of carbonyl (C=O) groups is 1. The summed E-state index contributed by atoms with van der Waals surface area (Å²) in [6.45, 7) is 9.81. The largest absolute Gasteiger partial charge is 0.368 e. The quantitative estimate of drug-likeness (QED) is 0.744. The Kier molecular flexibility index (Phi) is 4.29. The van der Waals surface area contributed by atoms with Crippen LogP contribution in [0.1, 0.15) is 20.8 Å². The molecule has 10 nitrogen and oxygen atoms in total. The molecule has 3 rings (SSSR count). The summed E-state index contributed by atoms with van der Waals surface area (Å²) >= 11 is 0. The van der Waals surface area contributed by atoms with E-state index >= 15 is 0 Å². The predicted molar refractivity (Wildman–Crippen MR) is 103 cm³/mol. The number of aromatic nitrogens is 4. The van der Waals surface area contributed by atoms with E-state index in [4.69, 9.17) is 5.73 Å². The molecule has 0 atom stereocenters. The molecular weight excluding hydrogens is 350 g/mol. The molecule has 0 bridgehead atoms. The molecule has 10 heteroatoms. The van der Waals surface area contributed by atoms with Crippen molar-refractivity contribution in [3.05, 3.63) is 33.5 Å². The third kappa shape index (κ3) is 2.96. The van der Waals surface area contributed by atoms with Gasteiger partial charge in [0.1, 0.15) is 6.54 Å². The standard InChI is InChI=1S/C17H23N7O3/c1-6-7-22-14(26)12-13(21(5)16(22)27)19-15-23(12)8-10(17(2,3)4)20-24(15)9-11(18)25/h6H,1,7-9H2,2-5H3,(H2,18,25). The zero-order chi connectivity index (χ0) is 20.1. The van der Waals surface area contributed by atoms with E-state index in [1.165, 1.54) is 15.7 Å². The van der Waals surface area contributed by atoms with Crippen LogP contribution in [0.4, 0.5) is 5.95 Å². The molecule has 2 N–H and O–H groups in total. The fourth-order valence-electron chi connectivity index (χ4n) is 3.01. The number of hydrazone groups is 1. The Morgan fingerprint density at radius 1 is 1.33 bits per heavy atom. The van der Waals surface area contributed by atoms with Gasteiger partial charge < -0.3 is 5.73 Å². The number of primary amides is 1. The first-order chi connectivity index (χ1) is 12.6. The number of rotatable bonds is 4. The van der Waals surface area contributed by atoms with Crippen LogP contribution in [0.25, 0.3) is 11.2 Å². The van der Waals surface area contributed by atoms with Crippen LogP contribution in [0.2, 0.25) is 0 Å². The second kappa shape index (κ2) is 6.22. The minimum atomic E-state index is -0.578. The molecule has 1 aliphatic heterocycles. The normalized spacial score (nSPS) is 14.2. The summed E-state index contributed by atoms with van der Waals surface area (Å²) in [4.78, 5) is 41.4. The maximum absolute atomic E-state index is 13.0. The van der Waals surface area contributed by atoms with Crippen LogP contribution >= 0.6 is 0 Å². The zero-order valence-corrected chi connectivity index (χ0v) is 15.9. The van der Waals surface area contributed by atoms with E-state index in [0.717, 1.165) is 10.3 Å². The fraction of sp³-hybridized carbons (Fsp3) is 0.471. The van der Waals surface area contributed by atoms with Gasteiger partial charge in [-0.2, -0.15) is 10.1 Å². The molecule has 0 aliphatic carbocycles. The summed E-state index contributed by atoms with van der Waals surface area (Å²) in [5.41, 5.74) is 5.39. The maximum Gasteiger partial charge on any atom is 0.332 e. The monoisotopic (exact) mass is 373 g/mol. The number of aryl methyl sites for hydroxylation is 1. The van der Waals surface area contributed by atoms with Gasteiger partial charge >= 0.3 is 5.69 Å². The average Bonchev–Trinajstić information content (AvgIpc) is 2.95. The van der Waals surface area contributed by atoms with Crippen molar-refractivity contribution in [1.82, 2.24) is 18.7 Å². The van der Waals surface area contributed by atoms with E-state index < -0.39 is 17.2 Å². The van der Waals surface area contributed by atoms with Crippen molar-refractivity contribution < 1.29 is 4.79 Å². The molecule has 2 aromatic heterocycles. The molecule has 1 amide bonds. The van der Waals surface area contributed by atoms with Crippen molar-refractivity contribution >= 4 is 28.7 Å². The van der Waals surface area contributed by atoms with Gasteiger partial charge in [0.15, 0.2) is 11.2 Å². The number of imidazole rings is 1. The molecule has 0 spiro atoms. The zero-order valence-electron chi connectivity index (χ0n) is 15.9. The van der Waals surface area contributed by atoms with E-state index in [1.54, 1.807) is 11.6 Å². The van der Waals surface area contributed by atoms with Crippen LogP contribution in [0.5, 0.6) is 0 Å². The van der Waals surface area contributed by atoms with Crippen molar-refractivity contribution in [3.8, 4) is 0 Å². The smallest absolute Gasteiger partial charge is 0.332 e. The van der Waals surface area contributed by atoms with Gasteiger partial charge in [-0.15, -0.1) is 6.58 Å². The highest BCUT2D eigenvalue weighted by Crippen LogP contribution is 2.28. The Morgan fingerprint density at radius 3 is 2.56 bits per heavy atom. The van der Waals surface area contributed by atoms with Gasteiger partial charge in [-0.1, -0.05) is 26.8 Å². The highest BCUT2D eigenvalue weighted by atomic mass is 16.2. The fourth-order valence-corrected chi connectivity index (χ4v) is 3.01. The van der Waals surface area contributed by atoms with E-state index in [2.05, 4.69) is 16.7 Å². The van der Waals surface area contributed by atoms with Crippen molar-refractivity contribution in [2.75, 3.05) is 11.6 Å². The molecule has 144 valence electrons. The number of allylic oxidation sites excluding steroid dienone is 1.